The lowest BCUT2D eigenvalue weighted by molar-refractivity contribution is 0.363. The number of aromatic nitrogens is 5. The van der Waals surface area contributed by atoms with Crippen LogP contribution >= 0.6 is 11.6 Å². The number of fused-ring (bicyclic) bond motifs is 2. The predicted molar refractivity (Wildman–Crippen MR) is 110 cm³/mol. The molecule has 1 unspecified atom stereocenters. The van der Waals surface area contributed by atoms with Crippen LogP contribution in [0, 0.1) is 11.8 Å². The fraction of sp³-hybridized carbons (Fsp3) is 0.400. The van der Waals surface area contributed by atoms with E-state index in [4.69, 9.17) is 16.1 Å². The Morgan fingerprint density at radius 2 is 2.10 bits per heavy atom. The molecule has 3 aromatic rings. The minimum Gasteiger partial charge on any atom is -0.356 e. The van der Waals surface area contributed by atoms with Gasteiger partial charge in [-0.15, -0.1) is 0 Å². The summed E-state index contributed by atoms with van der Waals surface area (Å²) >= 11 is 6.08. The summed E-state index contributed by atoms with van der Waals surface area (Å²) in [5, 5.41) is 4.88. The third kappa shape index (κ3) is 2.76. The molecule has 5 heterocycles. The summed E-state index contributed by atoms with van der Waals surface area (Å²) in [6.45, 7) is 3.94. The minimum atomic E-state index is -0.113. The second kappa shape index (κ2) is 6.46. The molecule has 1 saturated heterocycles. The Labute approximate surface area is 176 Å². The van der Waals surface area contributed by atoms with Gasteiger partial charge in [-0.25, -0.2) is 15.0 Å². The molecule has 6 rings (SSSR count). The lowest BCUT2D eigenvalue weighted by Crippen LogP contribution is -2.25. The first-order valence-corrected chi connectivity index (χ1v) is 10.3. The third-order valence-electron chi connectivity index (χ3n) is 6.24. The van der Waals surface area contributed by atoms with Gasteiger partial charge in [-0.1, -0.05) is 23.7 Å². The Balaban J connectivity index is 1.15. The van der Waals surface area contributed by atoms with E-state index in [1.54, 1.807) is 18.5 Å². The Bertz CT molecular complexity index is 1220. The number of piperidine rings is 1. The molecule has 0 spiro atoms. The van der Waals surface area contributed by atoms with E-state index in [2.05, 4.69) is 30.0 Å². The van der Waals surface area contributed by atoms with Crippen LogP contribution in [0.4, 0.5) is 11.6 Å². The molecule has 1 saturated carbocycles. The zero-order valence-electron chi connectivity index (χ0n) is 16.1. The van der Waals surface area contributed by atoms with Crippen LogP contribution in [0.3, 0.4) is 0 Å². The molecule has 0 radical (unpaired) electrons. The van der Waals surface area contributed by atoms with Gasteiger partial charge in [0, 0.05) is 42.4 Å². The molecule has 0 N–H and O–H groups in total. The molecule has 30 heavy (non-hydrogen) atoms. The van der Waals surface area contributed by atoms with Gasteiger partial charge in [-0.05, 0) is 24.0 Å². The molecular formula is C20H18ClN7O2. The molecule has 10 heteroatoms. The Morgan fingerprint density at radius 1 is 1.27 bits per heavy atom. The van der Waals surface area contributed by atoms with Crippen molar-refractivity contribution in [2.24, 2.45) is 16.8 Å². The third-order valence-corrected chi connectivity index (χ3v) is 6.48. The molecule has 0 amide bonds. The molecule has 152 valence electrons. The van der Waals surface area contributed by atoms with E-state index in [0.717, 1.165) is 24.7 Å². The first kappa shape index (κ1) is 17.8. The summed E-state index contributed by atoms with van der Waals surface area (Å²) in [5.41, 5.74) is 0.501. The van der Waals surface area contributed by atoms with Crippen LogP contribution in [0.2, 0.25) is 5.02 Å². The van der Waals surface area contributed by atoms with Crippen molar-refractivity contribution >= 4 is 29.5 Å². The van der Waals surface area contributed by atoms with Crippen LogP contribution in [-0.2, 0) is 6.54 Å². The SMILES string of the molecule is CC1C=Nc2ncn(Cc3nc([C@H]4[C@@H]5CN(c6cc(Cl)ccn6)C[C@@H]54)no3)c(=O)c21. The van der Waals surface area contributed by atoms with Crippen molar-refractivity contribution in [3.05, 3.63) is 57.3 Å². The Kier molecular flexibility index (Phi) is 3.83. The largest absolute Gasteiger partial charge is 0.356 e. The summed E-state index contributed by atoms with van der Waals surface area (Å²) in [7, 11) is 0. The number of rotatable bonds is 4. The molecule has 2 aliphatic heterocycles. The van der Waals surface area contributed by atoms with Crippen LogP contribution in [-0.4, -0.2) is 44.0 Å². The van der Waals surface area contributed by atoms with Gasteiger partial charge in [-0.3, -0.25) is 9.36 Å². The summed E-state index contributed by atoms with van der Waals surface area (Å²) in [6.07, 6.45) is 4.96. The van der Waals surface area contributed by atoms with E-state index in [1.807, 2.05) is 13.0 Å². The van der Waals surface area contributed by atoms with Crippen molar-refractivity contribution in [2.45, 2.75) is 25.3 Å². The number of hydrogen-bond donors (Lipinski definition) is 0. The van der Waals surface area contributed by atoms with Crippen LogP contribution in [0.25, 0.3) is 0 Å². The van der Waals surface area contributed by atoms with Gasteiger partial charge in [0.25, 0.3) is 5.56 Å². The second-order valence-corrected chi connectivity index (χ2v) is 8.56. The molecule has 2 fully saturated rings. The quantitative estimate of drug-likeness (QED) is 0.634. The van der Waals surface area contributed by atoms with Gasteiger partial charge >= 0.3 is 0 Å². The standard InChI is InChI=1S/C20H18ClN7O2/c1-10-5-23-18-16(10)20(29)28(9-24-18)8-15-25-19(26-30-15)17-12-6-27(7-13(12)17)14-4-11(21)2-3-22-14/h2-5,9-10,12-13,17H,6-8H2,1H3/t10?,12-,13+,17+. The Hall–Kier alpha value is -3.07. The summed E-state index contributed by atoms with van der Waals surface area (Å²) in [5.74, 6) is 3.77. The van der Waals surface area contributed by atoms with Crippen molar-refractivity contribution in [3.8, 4) is 0 Å². The molecule has 0 bridgehead atoms. The van der Waals surface area contributed by atoms with Crippen molar-refractivity contribution in [2.75, 3.05) is 18.0 Å². The van der Waals surface area contributed by atoms with Gasteiger partial charge < -0.3 is 9.42 Å². The molecule has 9 nitrogen and oxygen atoms in total. The predicted octanol–water partition coefficient (Wildman–Crippen LogP) is 2.39. The van der Waals surface area contributed by atoms with Gasteiger partial charge in [0.1, 0.15) is 18.7 Å². The average Bonchev–Trinajstić information content (AvgIpc) is 3.16. The molecule has 3 aromatic heterocycles. The maximum atomic E-state index is 12.7. The molecule has 1 aliphatic carbocycles. The van der Waals surface area contributed by atoms with E-state index >= 15 is 0 Å². The Morgan fingerprint density at radius 3 is 2.90 bits per heavy atom. The van der Waals surface area contributed by atoms with Crippen molar-refractivity contribution in [1.29, 1.82) is 0 Å². The van der Waals surface area contributed by atoms with E-state index in [9.17, 15) is 4.79 Å². The first-order chi connectivity index (χ1) is 14.6. The summed E-state index contributed by atoms with van der Waals surface area (Å²) in [6, 6.07) is 3.67. The minimum absolute atomic E-state index is 0.0338. The first-order valence-electron chi connectivity index (χ1n) is 9.91. The van der Waals surface area contributed by atoms with Crippen LogP contribution in [0.15, 0.2) is 39.0 Å². The highest BCUT2D eigenvalue weighted by molar-refractivity contribution is 6.30. The van der Waals surface area contributed by atoms with Crippen molar-refractivity contribution < 1.29 is 4.52 Å². The number of anilines is 1. The fourth-order valence-electron chi connectivity index (χ4n) is 4.64. The summed E-state index contributed by atoms with van der Waals surface area (Å²) < 4.78 is 6.94. The van der Waals surface area contributed by atoms with Gasteiger partial charge in [-0.2, -0.15) is 4.98 Å². The van der Waals surface area contributed by atoms with E-state index < -0.39 is 0 Å². The van der Waals surface area contributed by atoms with Crippen molar-refractivity contribution in [1.82, 2.24) is 24.7 Å². The number of halogens is 1. The molecule has 3 aliphatic rings. The van der Waals surface area contributed by atoms with E-state index in [0.29, 0.717) is 40.0 Å². The van der Waals surface area contributed by atoms with Gasteiger partial charge in [0.05, 0.1) is 5.56 Å². The molecule has 4 atom stereocenters. The van der Waals surface area contributed by atoms with E-state index in [1.165, 1.54) is 10.9 Å². The average molecular weight is 424 g/mol. The smallest absolute Gasteiger partial charge is 0.259 e. The highest BCUT2D eigenvalue weighted by atomic mass is 35.5. The van der Waals surface area contributed by atoms with Crippen LogP contribution < -0.4 is 10.5 Å². The lowest BCUT2D eigenvalue weighted by Gasteiger charge is -2.20. The zero-order chi connectivity index (χ0) is 20.4. The van der Waals surface area contributed by atoms with Crippen LogP contribution in [0.1, 0.15) is 36.0 Å². The number of aliphatic imine (C=N–C) groups is 1. The number of pyridine rings is 1. The number of nitrogens with zero attached hydrogens (tertiary/aromatic N) is 7. The highest BCUT2D eigenvalue weighted by Crippen LogP contribution is 2.57. The van der Waals surface area contributed by atoms with Gasteiger partial charge in [0.2, 0.25) is 5.89 Å². The zero-order valence-corrected chi connectivity index (χ0v) is 16.9. The fourth-order valence-corrected chi connectivity index (χ4v) is 4.80. The topological polar surface area (TPSA) is 102 Å². The van der Waals surface area contributed by atoms with Crippen molar-refractivity contribution in [3.63, 3.8) is 0 Å². The normalized spacial score (nSPS) is 26.1. The maximum absolute atomic E-state index is 12.7. The summed E-state index contributed by atoms with van der Waals surface area (Å²) in [4.78, 5) is 32.4. The number of hydrogen-bond acceptors (Lipinski definition) is 8. The second-order valence-electron chi connectivity index (χ2n) is 8.12. The maximum Gasteiger partial charge on any atom is 0.259 e. The molecule has 0 aromatic carbocycles. The molecular weight excluding hydrogens is 406 g/mol. The van der Waals surface area contributed by atoms with Gasteiger partial charge in [0.15, 0.2) is 11.6 Å². The lowest BCUT2D eigenvalue weighted by atomic mass is 10.1. The van der Waals surface area contributed by atoms with E-state index in [-0.39, 0.29) is 18.0 Å². The monoisotopic (exact) mass is 423 g/mol. The highest BCUT2D eigenvalue weighted by Gasteiger charge is 2.58. The van der Waals surface area contributed by atoms with Crippen LogP contribution in [0.5, 0.6) is 0 Å².